The molecule has 0 aliphatic heterocycles. The Bertz CT molecular complexity index is 28.0. The fraction of sp³-hybridized carbons (Fsp3) is 1.00. The fourth-order valence-corrected chi connectivity index (χ4v) is 0.224. The van der Waals surface area contributed by atoms with Crippen LogP contribution >= 0.6 is 9.24 Å². The summed E-state index contributed by atoms with van der Waals surface area (Å²) in [5.74, 6) is 0. The molecule has 6 heavy (non-hydrogen) atoms. The Morgan fingerprint density at radius 2 is 2.33 bits per heavy atom. The summed E-state index contributed by atoms with van der Waals surface area (Å²) in [5.41, 5.74) is 5.20. The zero-order valence-electron chi connectivity index (χ0n) is 4.02. The first-order valence-corrected chi connectivity index (χ1v) is 2.71. The second-order valence-corrected chi connectivity index (χ2v) is 1.59. The van der Waals surface area contributed by atoms with Crippen molar-refractivity contribution in [2.45, 2.75) is 0 Å². The highest BCUT2D eigenvalue weighted by molar-refractivity contribution is 7.16. The largest absolute Gasteiger partial charge is 0.318 e. The molecule has 0 saturated heterocycles. The van der Waals surface area contributed by atoms with Crippen molar-refractivity contribution < 1.29 is 0 Å². The van der Waals surface area contributed by atoms with Gasteiger partial charge in [-0.1, -0.05) is 0 Å². The minimum absolute atomic E-state index is 0.642. The van der Waals surface area contributed by atoms with Crippen molar-refractivity contribution in [3.05, 3.63) is 0 Å². The Hall–Kier alpha value is 0.350. The van der Waals surface area contributed by atoms with E-state index in [-0.39, 0.29) is 0 Å². The van der Waals surface area contributed by atoms with Gasteiger partial charge in [0.05, 0.1) is 0 Å². The number of hydrogen-bond acceptors (Lipinski definition) is 2. The first-order chi connectivity index (χ1) is 2.81. The molecule has 0 bridgehead atoms. The number of nitrogens with two attached hydrogens (primary N) is 1. The van der Waals surface area contributed by atoms with Crippen LogP contribution in [0.5, 0.6) is 0 Å². The van der Waals surface area contributed by atoms with Crippen molar-refractivity contribution in [2.75, 3.05) is 20.0 Å². The molecule has 0 spiro atoms. The van der Waals surface area contributed by atoms with Crippen LogP contribution < -0.4 is 5.73 Å². The highest BCUT2D eigenvalue weighted by Crippen LogP contribution is 1.82. The first kappa shape index (κ1) is 6.35. The maximum absolute atomic E-state index is 5.20. The van der Waals surface area contributed by atoms with Crippen LogP contribution in [-0.2, 0) is 0 Å². The molecule has 0 saturated carbocycles. The Morgan fingerprint density at radius 1 is 1.83 bits per heavy atom. The molecule has 0 aromatic carbocycles. The molecular formula is C3H11N2P. The van der Waals surface area contributed by atoms with Crippen LogP contribution in [0.4, 0.5) is 0 Å². The van der Waals surface area contributed by atoms with E-state index in [1.807, 2.05) is 11.9 Å². The minimum Gasteiger partial charge on any atom is -0.318 e. The van der Waals surface area contributed by atoms with Crippen molar-refractivity contribution >= 4 is 9.24 Å². The van der Waals surface area contributed by atoms with E-state index < -0.39 is 0 Å². The summed E-state index contributed by atoms with van der Waals surface area (Å²) in [6, 6.07) is 0. The molecule has 0 aliphatic carbocycles. The molecule has 0 amide bonds. The lowest BCUT2D eigenvalue weighted by Crippen LogP contribution is -2.23. The zero-order chi connectivity index (χ0) is 4.99. The minimum atomic E-state index is 0.642. The molecule has 2 N–H and O–H groups in total. The number of rotatable bonds is 2. The van der Waals surface area contributed by atoms with Gasteiger partial charge in [0.2, 0.25) is 0 Å². The van der Waals surface area contributed by atoms with Crippen LogP contribution in [0.25, 0.3) is 0 Å². The average molecular weight is 106 g/mol. The van der Waals surface area contributed by atoms with Gasteiger partial charge in [0, 0.05) is 13.0 Å². The van der Waals surface area contributed by atoms with Crippen LogP contribution in [0.3, 0.4) is 0 Å². The predicted molar refractivity (Wildman–Crippen MR) is 31.4 cm³/mol. The molecule has 0 rings (SSSR count). The molecule has 0 radical (unpaired) electrons. The fourth-order valence-electron chi connectivity index (χ4n) is 0.0745. The topological polar surface area (TPSA) is 29.3 Å². The summed E-state index contributed by atoms with van der Waals surface area (Å²) < 4.78 is 0. The second kappa shape index (κ2) is 3.54. The lowest BCUT2D eigenvalue weighted by Gasteiger charge is -2.06. The number of hydrogen-bond donors (Lipinski definition) is 1. The summed E-state index contributed by atoms with van der Waals surface area (Å²) >= 11 is 0. The molecular weight excluding hydrogens is 95.0 g/mol. The molecule has 0 fully saturated rings. The van der Waals surface area contributed by atoms with Crippen molar-refractivity contribution in [3.8, 4) is 0 Å². The molecule has 1 atom stereocenters. The molecule has 0 heterocycles. The second-order valence-electron chi connectivity index (χ2n) is 1.22. The van der Waals surface area contributed by atoms with Gasteiger partial charge in [0.1, 0.15) is 0 Å². The van der Waals surface area contributed by atoms with E-state index >= 15 is 0 Å². The van der Waals surface area contributed by atoms with E-state index in [0.29, 0.717) is 6.67 Å². The van der Waals surface area contributed by atoms with Gasteiger partial charge in [-0.25, -0.2) is 0 Å². The lowest BCUT2D eigenvalue weighted by molar-refractivity contribution is 0.406. The molecule has 2 nitrogen and oxygen atoms in total. The summed E-state index contributed by atoms with van der Waals surface area (Å²) in [6.45, 7) is 0.642. The normalized spacial score (nSPS) is 10.0. The van der Waals surface area contributed by atoms with Gasteiger partial charge in [-0.3, -0.25) is 4.90 Å². The van der Waals surface area contributed by atoms with Gasteiger partial charge < -0.3 is 5.73 Å². The number of nitrogens with zero attached hydrogens (tertiary/aromatic N) is 1. The monoisotopic (exact) mass is 106 g/mol. The third kappa shape index (κ3) is 2.58. The van der Waals surface area contributed by atoms with Crippen LogP contribution in [0.1, 0.15) is 0 Å². The Labute approximate surface area is 40.9 Å². The SMILES string of the molecule is CN(CN)CP. The van der Waals surface area contributed by atoms with Crippen LogP contribution in [0, 0.1) is 0 Å². The van der Waals surface area contributed by atoms with Gasteiger partial charge in [0.25, 0.3) is 0 Å². The zero-order valence-corrected chi connectivity index (χ0v) is 5.17. The Balaban J connectivity index is 2.75. The van der Waals surface area contributed by atoms with Gasteiger partial charge in [-0.2, -0.15) is 0 Å². The van der Waals surface area contributed by atoms with Crippen molar-refractivity contribution in [2.24, 2.45) is 5.73 Å². The highest BCUT2D eigenvalue weighted by Gasteiger charge is 1.81. The maximum Gasteiger partial charge on any atom is 0.0455 e. The van der Waals surface area contributed by atoms with Gasteiger partial charge in [-0.15, -0.1) is 9.24 Å². The molecule has 1 unspecified atom stereocenters. The van der Waals surface area contributed by atoms with E-state index in [2.05, 4.69) is 9.24 Å². The van der Waals surface area contributed by atoms with Crippen molar-refractivity contribution in [3.63, 3.8) is 0 Å². The summed E-state index contributed by atoms with van der Waals surface area (Å²) in [6.07, 6.45) is 0.955. The van der Waals surface area contributed by atoms with Crippen LogP contribution in [-0.4, -0.2) is 24.9 Å². The van der Waals surface area contributed by atoms with E-state index in [4.69, 9.17) is 5.73 Å². The predicted octanol–water partition coefficient (Wildman–Crippen LogP) is -0.333. The maximum atomic E-state index is 5.20. The molecule has 0 aliphatic rings. The lowest BCUT2D eigenvalue weighted by atomic mass is 10.9. The smallest absolute Gasteiger partial charge is 0.0455 e. The van der Waals surface area contributed by atoms with Gasteiger partial charge in [-0.05, 0) is 7.05 Å². The van der Waals surface area contributed by atoms with Gasteiger partial charge >= 0.3 is 0 Å². The third-order valence-electron chi connectivity index (χ3n) is 0.623. The average Bonchev–Trinajstić information content (AvgIpc) is 1.65. The van der Waals surface area contributed by atoms with E-state index in [1.165, 1.54) is 0 Å². The quantitative estimate of drug-likeness (QED) is 0.385. The molecule has 0 aromatic heterocycles. The van der Waals surface area contributed by atoms with Crippen molar-refractivity contribution in [1.82, 2.24) is 4.90 Å². The van der Waals surface area contributed by atoms with Crippen LogP contribution in [0.15, 0.2) is 0 Å². The van der Waals surface area contributed by atoms with E-state index in [1.54, 1.807) is 0 Å². The standard InChI is InChI=1S/C3H11N2P/c1-5(2-4)3-6/h2-4,6H2,1H3. The molecule has 3 heteroatoms. The highest BCUT2D eigenvalue weighted by atomic mass is 31.0. The third-order valence-corrected chi connectivity index (χ3v) is 1.25. The van der Waals surface area contributed by atoms with Gasteiger partial charge in [0.15, 0.2) is 0 Å². The summed E-state index contributed by atoms with van der Waals surface area (Å²) in [4.78, 5) is 1.99. The Kier molecular flexibility index (Phi) is 3.74. The Morgan fingerprint density at radius 3 is 2.33 bits per heavy atom. The molecule has 38 valence electrons. The van der Waals surface area contributed by atoms with E-state index in [9.17, 15) is 0 Å². The summed E-state index contributed by atoms with van der Waals surface area (Å²) in [5, 5.41) is 0. The van der Waals surface area contributed by atoms with Crippen LogP contribution in [0.2, 0.25) is 0 Å². The van der Waals surface area contributed by atoms with E-state index in [0.717, 1.165) is 6.29 Å². The first-order valence-electron chi connectivity index (χ1n) is 1.90. The molecule has 0 aromatic rings. The summed E-state index contributed by atoms with van der Waals surface area (Å²) in [7, 11) is 4.55. The van der Waals surface area contributed by atoms with Crippen molar-refractivity contribution in [1.29, 1.82) is 0 Å².